The maximum atomic E-state index is 12.0. The summed E-state index contributed by atoms with van der Waals surface area (Å²) in [4.78, 5) is 14.2. The third kappa shape index (κ3) is 3.49. The molecule has 0 heterocycles. The normalized spacial score (nSPS) is 18.3. The fourth-order valence-electron chi connectivity index (χ4n) is 3.10. The van der Waals surface area contributed by atoms with E-state index in [1.165, 1.54) is 20.0 Å². The Morgan fingerprint density at radius 1 is 1.33 bits per heavy atom. The van der Waals surface area contributed by atoms with Gasteiger partial charge in [0.1, 0.15) is 0 Å². The predicted molar refractivity (Wildman–Crippen MR) is 86.6 cm³/mol. The van der Waals surface area contributed by atoms with Crippen molar-refractivity contribution in [2.45, 2.75) is 45.6 Å². The van der Waals surface area contributed by atoms with E-state index in [-0.39, 0.29) is 5.97 Å². The number of methoxy groups -OCH3 is 1. The molecule has 1 aromatic carbocycles. The van der Waals surface area contributed by atoms with Gasteiger partial charge in [-0.15, -0.1) is 0 Å². The molecule has 0 radical (unpaired) electrons. The van der Waals surface area contributed by atoms with Crippen LogP contribution < -0.4 is 10.6 Å². The highest BCUT2D eigenvalue weighted by molar-refractivity contribution is 5.97. The molecule has 1 aliphatic carbocycles. The fourth-order valence-corrected chi connectivity index (χ4v) is 3.10. The monoisotopic (exact) mass is 290 g/mol. The van der Waals surface area contributed by atoms with Crippen LogP contribution in [0.15, 0.2) is 18.2 Å². The number of hydrogen-bond acceptors (Lipinski definition) is 4. The average Bonchev–Trinajstić information content (AvgIpc) is 2.45. The highest BCUT2D eigenvalue weighted by Gasteiger charge is 2.30. The highest BCUT2D eigenvalue weighted by atomic mass is 16.5. The van der Waals surface area contributed by atoms with Gasteiger partial charge in [0.05, 0.1) is 18.4 Å². The van der Waals surface area contributed by atoms with E-state index in [9.17, 15) is 4.79 Å². The van der Waals surface area contributed by atoms with Gasteiger partial charge in [-0.05, 0) is 49.3 Å². The Labute approximate surface area is 127 Å². The van der Waals surface area contributed by atoms with Crippen molar-refractivity contribution < 1.29 is 9.53 Å². The second kappa shape index (κ2) is 5.96. The quantitative estimate of drug-likeness (QED) is 0.684. The molecule has 21 heavy (non-hydrogen) atoms. The molecule has 0 spiro atoms. The summed E-state index contributed by atoms with van der Waals surface area (Å²) >= 11 is 0. The number of nitrogen functional groups attached to an aromatic ring is 1. The number of anilines is 2. The molecule has 1 saturated carbocycles. The van der Waals surface area contributed by atoms with Gasteiger partial charge in [-0.25, -0.2) is 4.79 Å². The summed E-state index contributed by atoms with van der Waals surface area (Å²) in [6.07, 6.45) is 4.72. The number of nitrogens with zero attached hydrogens (tertiary/aromatic N) is 1. The molecule has 2 rings (SSSR count). The van der Waals surface area contributed by atoms with Gasteiger partial charge >= 0.3 is 5.97 Å². The zero-order valence-electron chi connectivity index (χ0n) is 13.5. The first kappa shape index (κ1) is 15.7. The van der Waals surface area contributed by atoms with Gasteiger partial charge in [0, 0.05) is 18.8 Å². The molecule has 0 aromatic heterocycles. The zero-order chi connectivity index (χ0) is 15.6. The van der Waals surface area contributed by atoms with E-state index in [0.717, 1.165) is 18.5 Å². The molecule has 0 bridgehead atoms. The van der Waals surface area contributed by atoms with Gasteiger partial charge in [0.15, 0.2) is 0 Å². The van der Waals surface area contributed by atoms with Crippen molar-refractivity contribution in [1.82, 2.24) is 0 Å². The summed E-state index contributed by atoms with van der Waals surface area (Å²) in [5.74, 6) is -0.333. The summed E-state index contributed by atoms with van der Waals surface area (Å²) in [6, 6.07) is 5.92. The Balaban J connectivity index is 2.23. The van der Waals surface area contributed by atoms with Crippen LogP contribution in [0.25, 0.3) is 0 Å². The zero-order valence-corrected chi connectivity index (χ0v) is 13.5. The summed E-state index contributed by atoms with van der Waals surface area (Å²) in [5, 5.41) is 0. The first-order valence-corrected chi connectivity index (χ1v) is 7.55. The molecule has 0 atom stereocenters. The minimum Gasteiger partial charge on any atom is -0.465 e. The first-order valence-electron chi connectivity index (χ1n) is 7.55. The van der Waals surface area contributed by atoms with E-state index in [0.29, 0.717) is 22.7 Å². The summed E-state index contributed by atoms with van der Waals surface area (Å²) in [5.41, 5.74) is 8.27. The lowest BCUT2D eigenvalue weighted by molar-refractivity contribution is 0.0601. The number of hydrogen-bond donors (Lipinski definition) is 1. The van der Waals surface area contributed by atoms with E-state index < -0.39 is 0 Å². The summed E-state index contributed by atoms with van der Waals surface area (Å²) < 4.78 is 4.88. The van der Waals surface area contributed by atoms with E-state index >= 15 is 0 Å². The number of carbonyl (C=O) groups excluding carboxylic acids is 1. The van der Waals surface area contributed by atoms with Gasteiger partial charge in [-0.1, -0.05) is 13.8 Å². The van der Waals surface area contributed by atoms with Crippen molar-refractivity contribution in [1.29, 1.82) is 0 Å². The van der Waals surface area contributed by atoms with E-state index in [4.69, 9.17) is 10.5 Å². The molecule has 0 aliphatic heterocycles. The fraction of sp³-hybridized carbons (Fsp3) is 0.588. The predicted octanol–water partition coefficient (Wildman–Crippen LogP) is 3.46. The maximum absolute atomic E-state index is 12.0. The number of ether oxygens (including phenoxy) is 1. The van der Waals surface area contributed by atoms with Gasteiger partial charge in [-0.3, -0.25) is 0 Å². The molecule has 4 heteroatoms. The lowest BCUT2D eigenvalue weighted by atomic mass is 9.75. The Morgan fingerprint density at radius 3 is 2.52 bits per heavy atom. The van der Waals surface area contributed by atoms with Crippen LogP contribution in [0.3, 0.4) is 0 Å². The molecule has 0 saturated heterocycles. The molecule has 0 unspecified atom stereocenters. The molecule has 116 valence electrons. The summed E-state index contributed by atoms with van der Waals surface area (Å²) in [6.45, 7) is 4.65. The molecule has 1 aromatic rings. The van der Waals surface area contributed by atoms with Gasteiger partial charge in [0.2, 0.25) is 0 Å². The van der Waals surface area contributed by atoms with Crippen molar-refractivity contribution >= 4 is 17.3 Å². The van der Waals surface area contributed by atoms with Crippen molar-refractivity contribution in [3.05, 3.63) is 23.8 Å². The molecule has 0 amide bonds. The van der Waals surface area contributed by atoms with Crippen LogP contribution in [0.2, 0.25) is 0 Å². The van der Waals surface area contributed by atoms with Crippen LogP contribution in [0, 0.1) is 5.41 Å². The van der Waals surface area contributed by atoms with Crippen molar-refractivity contribution in [2.24, 2.45) is 5.41 Å². The second-order valence-electron chi connectivity index (χ2n) is 6.77. The SMILES string of the molecule is COC(=O)c1cc(N)ccc1N(C)C1CCC(C)(C)CC1. The Morgan fingerprint density at radius 2 is 1.95 bits per heavy atom. The third-order valence-corrected chi connectivity index (χ3v) is 4.66. The lowest BCUT2D eigenvalue weighted by Crippen LogP contribution is -2.38. The topological polar surface area (TPSA) is 55.6 Å². The number of benzene rings is 1. The lowest BCUT2D eigenvalue weighted by Gasteiger charge is -2.40. The summed E-state index contributed by atoms with van der Waals surface area (Å²) in [7, 11) is 3.46. The Bertz CT molecular complexity index is 516. The minimum atomic E-state index is -0.333. The number of nitrogens with two attached hydrogens (primary N) is 1. The van der Waals surface area contributed by atoms with Crippen LogP contribution >= 0.6 is 0 Å². The van der Waals surface area contributed by atoms with Gasteiger partial charge in [0.25, 0.3) is 0 Å². The highest BCUT2D eigenvalue weighted by Crippen LogP contribution is 2.38. The number of esters is 1. The molecule has 2 N–H and O–H groups in total. The maximum Gasteiger partial charge on any atom is 0.340 e. The molecule has 1 fully saturated rings. The van der Waals surface area contributed by atoms with E-state index in [1.54, 1.807) is 6.07 Å². The van der Waals surface area contributed by atoms with Crippen molar-refractivity contribution in [3.63, 3.8) is 0 Å². The number of carbonyl (C=O) groups is 1. The largest absolute Gasteiger partial charge is 0.465 e. The van der Waals surface area contributed by atoms with Gasteiger partial charge < -0.3 is 15.4 Å². The molecule has 1 aliphatic rings. The Kier molecular flexibility index (Phi) is 4.45. The first-order chi connectivity index (χ1) is 9.84. The van der Waals surface area contributed by atoms with Crippen molar-refractivity contribution in [3.8, 4) is 0 Å². The molecular formula is C17H26N2O2. The van der Waals surface area contributed by atoms with E-state index in [1.807, 2.05) is 12.1 Å². The Hall–Kier alpha value is -1.71. The smallest absolute Gasteiger partial charge is 0.340 e. The molecule has 4 nitrogen and oxygen atoms in total. The van der Waals surface area contributed by atoms with Crippen LogP contribution in [-0.2, 0) is 4.74 Å². The van der Waals surface area contributed by atoms with Crippen LogP contribution in [-0.4, -0.2) is 26.2 Å². The second-order valence-corrected chi connectivity index (χ2v) is 6.77. The third-order valence-electron chi connectivity index (χ3n) is 4.66. The van der Waals surface area contributed by atoms with Crippen LogP contribution in [0.4, 0.5) is 11.4 Å². The average molecular weight is 290 g/mol. The van der Waals surface area contributed by atoms with Crippen LogP contribution in [0.5, 0.6) is 0 Å². The molecular weight excluding hydrogens is 264 g/mol. The van der Waals surface area contributed by atoms with Crippen LogP contribution in [0.1, 0.15) is 49.9 Å². The number of rotatable bonds is 3. The standard InChI is InChI=1S/C17H26N2O2/c1-17(2)9-7-13(8-10-17)19(3)15-6-5-12(18)11-14(15)16(20)21-4/h5-6,11,13H,7-10,18H2,1-4H3. The van der Waals surface area contributed by atoms with Crippen molar-refractivity contribution in [2.75, 3.05) is 24.8 Å². The van der Waals surface area contributed by atoms with Gasteiger partial charge in [-0.2, -0.15) is 0 Å². The van der Waals surface area contributed by atoms with E-state index in [2.05, 4.69) is 25.8 Å². The minimum absolute atomic E-state index is 0.333.